The van der Waals surface area contributed by atoms with Crippen molar-refractivity contribution in [2.75, 3.05) is 6.61 Å². The predicted molar refractivity (Wildman–Crippen MR) is 49.8 cm³/mol. The molecular weight excluding hydrogens is 221 g/mol. The average Bonchev–Trinajstić information content (AvgIpc) is 2.64. The zero-order valence-electron chi connectivity index (χ0n) is 8.25. The number of hydrogen-bond acceptors (Lipinski definition) is 2. The van der Waals surface area contributed by atoms with E-state index in [0.29, 0.717) is 5.56 Å². The van der Waals surface area contributed by atoms with E-state index in [0.717, 1.165) is 12.1 Å². The van der Waals surface area contributed by atoms with Gasteiger partial charge in [-0.25, -0.2) is 0 Å². The number of carbonyl (C=O) groups excluding carboxylic acids is 1. The van der Waals surface area contributed by atoms with E-state index in [1.54, 1.807) is 6.07 Å². The number of halogens is 3. The Balaban J connectivity index is 2.26. The Morgan fingerprint density at radius 3 is 2.62 bits per heavy atom. The molecule has 86 valence electrons. The molecule has 0 spiro atoms. The molecule has 2 rings (SSSR count). The van der Waals surface area contributed by atoms with Crippen molar-refractivity contribution in [1.82, 2.24) is 0 Å². The van der Waals surface area contributed by atoms with Crippen molar-refractivity contribution in [1.29, 1.82) is 0 Å². The lowest BCUT2D eigenvalue weighted by Gasteiger charge is -2.11. The second-order valence-electron chi connectivity index (χ2n) is 3.71. The van der Waals surface area contributed by atoms with E-state index < -0.39 is 11.7 Å². The molecule has 1 heterocycles. The van der Waals surface area contributed by atoms with Gasteiger partial charge in [0.2, 0.25) is 0 Å². The lowest BCUT2D eigenvalue weighted by molar-refractivity contribution is -0.138. The fourth-order valence-electron chi connectivity index (χ4n) is 1.70. The summed E-state index contributed by atoms with van der Waals surface area (Å²) in [6.45, 7) is 0.167. The van der Waals surface area contributed by atoms with Crippen LogP contribution in [0.2, 0.25) is 0 Å². The fourth-order valence-corrected chi connectivity index (χ4v) is 1.70. The van der Waals surface area contributed by atoms with Crippen LogP contribution < -0.4 is 0 Å². The molecule has 16 heavy (non-hydrogen) atoms. The Kier molecular flexibility index (Phi) is 2.61. The second kappa shape index (κ2) is 3.81. The van der Waals surface area contributed by atoms with Crippen LogP contribution in [0.1, 0.15) is 23.5 Å². The van der Waals surface area contributed by atoms with E-state index in [-0.39, 0.29) is 24.9 Å². The topological polar surface area (TPSA) is 26.3 Å². The first-order valence-corrected chi connectivity index (χ1v) is 4.79. The van der Waals surface area contributed by atoms with Crippen molar-refractivity contribution in [3.8, 4) is 0 Å². The van der Waals surface area contributed by atoms with Gasteiger partial charge in [-0.15, -0.1) is 0 Å². The number of esters is 1. The Morgan fingerprint density at radius 1 is 1.31 bits per heavy atom. The summed E-state index contributed by atoms with van der Waals surface area (Å²) in [6.07, 6.45) is -4.19. The monoisotopic (exact) mass is 230 g/mol. The van der Waals surface area contributed by atoms with Crippen molar-refractivity contribution in [3.63, 3.8) is 0 Å². The van der Waals surface area contributed by atoms with Crippen LogP contribution in [0.3, 0.4) is 0 Å². The highest BCUT2D eigenvalue weighted by molar-refractivity contribution is 5.72. The van der Waals surface area contributed by atoms with E-state index in [1.165, 1.54) is 6.07 Å². The minimum Gasteiger partial charge on any atom is -0.465 e. The molecule has 0 saturated carbocycles. The molecule has 0 radical (unpaired) electrons. The molecule has 1 aromatic carbocycles. The maximum atomic E-state index is 12.4. The molecule has 0 aromatic heterocycles. The zero-order chi connectivity index (χ0) is 11.8. The minimum atomic E-state index is -4.35. The van der Waals surface area contributed by atoms with Crippen molar-refractivity contribution in [2.24, 2.45) is 0 Å². The van der Waals surface area contributed by atoms with Gasteiger partial charge < -0.3 is 4.74 Å². The molecule has 0 N–H and O–H groups in total. The third-order valence-corrected chi connectivity index (χ3v) is 2.54. The highest BCUT2D eigenvalue weighted by Gasteiger charge is 2.32. The Hall–Kier alpha value is -1.52. The maximum Gasteiger partial charge on any atom is 0.416 e. The maximum absolute atomic E-state index is 12.4. The molecule has 0 bridgehead atoms. The molecule has 1 aliphatic heterocycles. The first kappa shape index (κ1) is 11.0. The summed E-state index contributed by atoms with van der Waals surface area (Å²) < 4.78 is 42.0. The lowest BCUT2D eigenvalue weighted by atomic mass is 9.96. The highest BCUT2D eigenvalue weighted by Crippen LogP contribution is 2.33. The quantitative estimate of drug-likeness (QED) is 0.693. The molecular formula is C11H9F3O2. The molecule has 2 nitrogen and oxygen atoms in total. The smallest absolute Gasteiger partial charge is 0.416 e. The van der Waals surface area contributed by atoms with Crippen LogP contribution in [-0.2, 0) is 15.7 Å². The average molecular weight is 230 g/mol. The van der Waals surface area contributed by atoms with Crippen LogP contribution in [0.4, 0.5) is 13.2 Å². The molecule has 0 amide bonds. The summed E-state index contributed by atoms with van der Waals surface area (Å²) >= 11 is 0. The molecule has 1 atom stereocenters. The number of cyclic esters (lactones) is 1. The number of hydrogen-bond donors (Lipinski definition) is 0. The van der Waals surface area contributed by atoms with Crippen molar-refractivity contribution in [2.45, 2.75) is 18.5 Å². The number of carbonyl (C=O) groups is 1. The summed E-state index contributed by atoms with van der Waals surface area (Å²) in [5.74, 6) is -0.614. The number of benzene rings is 1. The molecule has 0 aliphatic carbocycles. The van der Waals surface area contributed by atoms with Gasteiger partial charge in [0.05, 0.1) is 18.6 Å². The standard InChI is InChI=1S/C11H9F3O2/c12-11(13,14)9-3-1-2-7(4-9)8-5-10(15)16-6-8/h1-4,8H,5-6H2. The molecule has 1 aliphatic rings. The largest absolute Gasteiger partial charge is 0.465 e. The van der Waals surface area contributed by atoms with E-state index >= 15 is 0 Å². The van der Waals surface area contributed by atoms with Crippen molar-refractivity contribution < 1.29 is 22.7 Å². The summed E-state index contributed by atoms with van der Waals surface area (Å²) in [5.41, 5.74) is -0.190. The summed E-state index contributed by atoms with van der Waals surface area (Å²) in [7, 11) is 0. The van der Waals surface area contributed by atoms with Crippen LogP contribution >= 0.6 is 0 Å². The van der Waals surface area contributed by atoms with Crippen LogP contribution in [0.5, 0.6) is 0 Å². The van der Waals surface area contributed by atoms with Crippen LogP contribution in [0.25, 0.3) is 0 Å². The van der Waals surface area contributed by atoms with Gasteiger partial charge in [0.25, 0.3) is 0 Å². The molecule has 1 fully saturated rings. The van der Waals surface area contributed by atoms with Gasteiger partial charge in [0.15, 0.2) is 0 Å². The van der Waals surface area contributed by atoms with E-state index in [4.69, 9.17) is 4.74 Å². The van der Waals surface area contributed by atoms with Gasteiger partial charge in [-0.1, -0.05) is 18.2 Å². The Labute approximate surface area is 90.0 Å². The van der Waals surface area contributed by atoms with Crippen molar-refractivity contribution >= 4 is 5.97 Å². The van der Waals surface area contributed by atoms with Crippen LogP contribution in [-0.4, -0.2) is 12.6 Å². The van der Waals surface area contributed by atoms with E-state index in [2.05, 4.69) is 0 Å². The lowest BCUT2D eigenvalue weighted by Crippen LogP contribution is -2.07. The van der Waals surface area contributed by atoms with Gasteiger partial charge in [-0.3, -0.25) is 4.79 Å². The fraction of sp³-hybridized carbons (Fsp3) is 0.364. The highest BCUT2D eigenvalue weighted by atomic mass is 19.4. The van der Waals surface area contributed by atoms with Gasteiger partial charge in [-0.05, 0) is 11.6 Å². The van der Waals surface area contributed by atoms with E-state index in [9.17, 15) is 18.0 Å². The van der Waals surface area contributed by atoms with E-state index in [1.807, 2.05) is 0 Å². The van der Waals surface area contributed by atoms with Gasteiger partial charge >= 0.3 is 12.1 Å². The van der Waals surface area contributed by atoms with Gasteiger partial charge in [-0.2, -0.15) is 13.2 Å². The van der Waals surface area contributed by atoms with Gasteiger partial charge in [0.1, 0.15) is 0 Å². The predicted octanol–water partition coefficient (Wildman–Crippen LogP) is 2.74. The summed E-state index contributed by atoms with van der Waals surface area (Å²) in [6, 6.07) is 5.02. The molecule has 1 aromatic rings. The Morgan fingerprint density at radius 2 is 2.06 bits per heavy atom. The first-order chi connectivity index (χ1) is 7.47. The van der Waals surface area contributed by atoms with Crippen LogP contribution in [0, 0.1) is 0 Å². The number of rotatable bonds is 1. The van der Waals surface area contributed by atoms with Gasteiger partial charge in [0, 0.05) is 5.92 Å². The SMILES string of the molecule is O=C1CC(c2cccc(C(F)(F)F)c2)CO1. The third kappa shape index (κ3) is 2.18. The number of ether oxygens (including phenoxy) is 1. The number of alkyl halides is 3. The van der Waals surface area contributed by atoms with Crippen LogP contribution in [0.15, 0.2) is 24.3 Å². The van der Waals surface area contributed by atoms with Crippen molar-refractivity contribution in [3.05, 3.63) is 35.4 Å². The summed E-state index contributed by atoms with van der Waals surface area (Å²) in [5, 5.41) is 0. The third-order valence-electron chi connectivity index (χ3n) is 2.54. The first-order valence-electron chi connectivity index (χ1n) is 4.79. The Bertz CT molecular complexity index is 412. The second-order valence-corrected chi connectivity index (χ2v) is 3.71. The minimum absolute atomic E-state index is 0.154. The molecule has 1 saturated heterocycles. The zero-order valence-corrected chi connectivity index (χ0v) is 8.25. The summed E-state index contributed by atoms with van der Waals surface area (Å²) in [4.78, 5) is 10.9. The molecule has 1 unspecified atom stereocenters. The normalized spacial score (nSPS) is 20.9. The molecule has 5 heteroatoms.